The minimum atomic E-state index is -0.913. The predicted octanol–water partition coefficient (Wildman–Crippen LogP) is -0.754. The highest BCUT2D eigenvalue weighted by Crippen LogP contribution is 2.17. The van der Waals surface area contributed by atoms with Crippen molar-refractivity contribution >= 4 is 23.4 Å². The van der Waals surface area contributed by atoms with Gasteiger partial charge in [-0.25, -0.2) is 0 Å². The molecule has 104 valence electrons. The van der Waals surface area contributed by atoms with Gasteiger partial charge in [0.1, 0.15) is 6.54 Å². The number of esters is 1. The lowest BCUT2D eigenvalue weighted by molar-refractivity contribution is -0.385. The highest BCUT2D eigenvalue weighted by molar-refractivity contribution is 5.75. The van der Waals surface area contributed by atoms with Gasteiger partial charge in [-0.1, -0.05) is 0 Å². The standard InChI is InChI=1S/C9H13N5O5/c1-3-19-5(15)4-11-7-6(14(17)18)8(16)13(2)9(10)12-7/h11H,3-4H2,1-2H3,(H2,10,12). The Labute approximate surface area is 107 Å². The molecule has 0 radical (unpaired) electrons. The molecule has 0 spiro atoms. The van der Waals surface area contributed by atoms with Crippen LogP contribution >= 0.6 is 0 Å². The molecule has 10 heteroatoms. The molecule has 0 amide bonds. The highest BCUT2D eigenvalue weighted by Gasteiger charge is 2.24. The second-order valence-corrected chi connectivity index (χ2v) is 3.45. The summed E-state index contributed by atoms with van der Waals surface area (Å²) in [5.41, 5.74) is 3.74. The molecule has 0 aliphatic rings. The molecular formula is C9H13N5O5. The number of carbonyl (C=O) groups is 1. The van der Waals surface area contributed by atoms with Crippen molar-refractivity contribution in [1.82, 2.24) is 9.55 Å². The van der Waals surface area contributed by atoms with Gasteiger partial charge in [-0.05, 0) is 6.92 Å². The first-order valence-corrected chi connectivity index (χ1v) is 5.28. The third-order valence-electron chi connectivity index (χ3n) is 2.19. The van der Waals surface area contributed by atoms with Crippen LogP contribution in [0.25, 0.3) is 0 Å². The number of nitrogens with zero attached hydrogens (tertiary/aromatic N) is 3. The second-order valence-electron chi connectivity index (χ2n) is 3.45. The number of nitrogens with one attached hydrogen (secondary N) is 1. The fourth-order valence-corrected chi connectivity index (χ4v) is 1.26. The fourth-order valence-electron chi connectivity index (χ4n) is 1.26. The van der Waals surface area contributed by atoms with Gasteiger partial charge in [-0.15, -0.1) is 0 Å². The molecule has 3 N–H and O–H groups in total. The van der Waals surface area contributed by atoms with Crippen molar-refractivity contribution in [3.63, 3.8) is 0 Å². The molecule has 0 saturated heterocycles. The Balaban J connectivity index is 3.10. The summed E-state index contributed by atoms with van der Waals surface area (Å²) in [5.74, 6) is -1.20. The lowest BCUT2D eigenvalue weighted by Crippen LogP contribution is -2.27. The number of nitro groups is 1. The van der Waals surface area contributed by atoms with Crippen LogP contribution in [-0.4, -0.2) is 33.6 Å². The number of hydrogen-bond acceptors (Lipinski definition) is 8. The third kappa shape index (κ3) is 3.18. The average Bonchev–Trinajstić information content (AvgIpc) is 2.33. The molecule has 0 bridgehead atoms. The molecule has 1 aromatic heterocycles. The Morgan fingerprint density at radius 1 is 1.63 bits per heavy atom. The Morgan fingerprint density at radius 3 is 2.79 bits per heavy atom. The Hall–Kier alpha value is -2.65. The van der Waals surface area contributed by atoms with Crippen LogP contribution in [0.1, 0.15) is 6.92 Å². The van der Waals surface area contributed by atoms with Crippen molar-refractivity contribution in [1.29, 1.82) is 0 Å². The summed E-state index contributed by atoms with van der Waals surface area (Å²) in [6.07, 6.45) is 0. The molecule has 0 unspecified atom stereocenters. The molecule has 1 rings (SSSR count). The summed E-state index contributed by atoms with van der Waals surface area (Å²) in [4.78, 5) is 36.4. The lowest BCUT2D eigenvalue weighted by Gasteiger charge is -2.08. The summed E-state index contributed by atoms with van der Waals surface area (Å²) >= 11 is 0. The van der Waals surface area contributed by atoms with Gasteiger partial charge < -0.3 is 15.8 Å². The number of anilines is 2. The Bertz CT molecular complexity index is 567. The summed E-state index contributed by atoms with van der Waals surface area (Å²) in [5, 5.41) is 13.2. The zero-order chi connectivity index (χ0) is 14.6. The van der Waals surface area contributed by atoms with Gasteiger partial charge in [-0.3, -0.25) is 24.3 Å². The van der Waals surface area contributed by atoms with Crippen LogP contribution in [0, 0.1) is 10.1 Å². The monoisotopic (exact) mass is 271 g/mol. The van der Waals surface area contributed by atoms with E-state index in [0.717, 1.165) is 4.57 Å². The van der Waals surface area contributed by atoms with E-state index < -0.39 is 22.1 Å². The number of hydrogen-bond donors (Lipinski definition) is 2. The van der Waals surface area contributed by atoms with E-state index in [0.29, 0.717) is 0 Å². The summed E-state index contributed by atoms with van der Waals surface area (Å²) in [7, 11) is 1.26. The van der Waals surface area contributed by atoms with Crippen LogP contribution in [0.15, 0.2) is 4.79 Å². The number of rotatable bonds is 5. The van der Waals surface area contributed by atoms with Crippen molar-refractivity contribution in [3.05, 3.63) is 20.5 Å². The molecule has 0 saturated carbocycles. The molecular weight excluding hydrogens is 258 g/mol. The number of aromatic nitrogens is 2. The third-order valence-corrected chi connectivity index (χ3v) is 2.19. The first-order chi connectivity index (χ1) is 8.88. The van der Waals surface area contributed by atoms with Crippen molar-refractivity contribution < 1.29 is 14.5 Å². The van der Waals surface area contributed by atoms with Crippen LogP contribution < -0.4 is 16.6 Å². The molecule has 10 nitrogen and oxygen atoms in total. The van der Waals surface area contributed by atoms with E-state index >= 15 is 0 Å². The van der Waals surface area contributed by atoms with Gasteiger partial charge in [0, 0.05) is 7.05 Å². The van der Waals surface area contributed by atoms with E-state index in [4.69, 9.17) is 5.73 Å². The summed E-state index contributed by atoms with van der Waals surface area (Å²) in [6.45, 7) is 1.44. The molecule has 0 aliphatic heterocycles. The maximum Gasteiger partial charge on any atom is 0.376 e. The number of nitrogens with two attached hydrogens (primary N) is 1. The topological polar surface area (TPSA) is 142 Å². The maximum atomic E-state index is 11.7. The lowest BCUT2D eigenvalue weighted by atomic mass is 10.4. The number of ether oxygens (including phenoxy) is 1. The molecule has 0 fully saturated rings. The first-order valence-electron chi connectivity index (χ1n) is 5.28. The number of carbonyl (C=O) groups excluding carboxylic acids is 1. The molecule has 0 aliphatic carbocycles. The van der Waals surface area contributed by atoms with Crippen molar-refractivity contribution in [3.8, 4) is 0 Å². The van der Waals surface area contributed by atoms with Gasteiger partial charge in [0.2, 0.25) is 11.8 Å². The fraction of sp³-hybridized carbons (Fsp3) is 0.444. The Kier molecular flexibility index (Phi) is 4.40. The predicted molar refractivity (Wildman–Crippen MR) is 65.7 cm³/mol. The molecule has 1 aromatic rings. The SMILES string of the molecule is CCOC(=O)CNc1nc(N)n(C)c(=O)c1[N+](=O)[O-]. The van der Waals surface area contributed by atoms with E-state index in [1.807, 2.05) is 0 Å². The second kappa shape index (κ2) is 5.80. The van der Waals surface area contributed by atoms with Crippen molar-refractivity contribution in [2.24, 2.45) is 7.05 Å². The van der Waals surface area contributed by atoms with Crippen molar-refractivity contribution in [2.75, 3.05) is 24.2 Å². The smallest absolute Gasteiger partial charge is 0.376 e. The molecule has 0 aromatic carbocycles. The Morgan fingerprint density at radius 2 is 2.26 bits per heavy atom. The normalized spacial score (nSPS) is 10.0. The van der Waals surface area contributed by atoms with Crippen LogP contribution in [0.3, 0.4) is 0 Å². The van der Waals surface area contributed by atoms with Crippen molar-refractivity contribution in [2.45, 2.75) is 6.92 Å². The highest BCUT2D eigenvalue weighted by atomic mass is 16.6. The largest absolute Gasteiger partial charge is 0.465 e. The minimum absolute atomic E-state index is 0.175. The summed E-state index contributed by atoms with van der Waals surface area (Å²) in [6, 6.07) is 0. The first kappa shape index (κ1) is 14.4. The molecule has 1 heterocycles. The quantitative estimate of drug-likeness (QED) is 0.404. The van der Waals surface area contributed by atoms with E-state index in [1.54, 1.807) is 6.92 Å². The van der Waals surface area contributed by atoms with E-state index in [2.05, 4.69) is 15.0 Å². The van der Waals surface area contributed by atoms with Crippen LogP contribution in [-0.2, 0) is 16.6 Å². The van der Waals surface area contributed by atoms with Gasteiger partial charge in [0.15, 0.2) is 0 Å². The molecule has 0 atom stereocenters. The van der Waals surface area contributed by atoms with E-state index in [1.165, 1.54) is 7.05 Å². The van der Waals surface area contributed by atoms with Crippen LogP contribution in [0.2, 0.25) is 0 Å². The van der Waals surface area contributed by atoms with Gasteiger partial charge >= 0.3 is 17.2 Å². The van der Waals surface area contributed by atoms with E-state index in [9.17, 15) is 19.7 Å². The maximum absolute atomic E-state index is 11.7. The van der Waals surface area contributed by atoms with Crippen LogP contribution in [0.5, 0.6) is 0 Å². The summed E-state index contributed by atoms with van der Waals surface area (Å²) < 4.78 is 5.48. The zero-order valence-electron chi connectivity index (χ0n) is 10.4. The molecule has 19 heavy (non-hydrogen) atoms. The van der Waals surface area contributed by atoms with Crippen LogP contribution in [0.4, 0.5) is 17.5 Å². The van der Waals surface area contributed by atoms with E-state index in [-0.39, 0.29) is 24.9 Å². The van der Waals surface area contributed by atoms with Gasteiger partial charge in [0.05, 0.1) is 11.5 Å². The van der Waals surface area contributed by atoms with Gasteiger partial charge in [0.25, 0.3) is 0 Å². The zero-order valence-corrected chi connectivity index (χ0v) is 10.4. The average molecular weight is 271 g/mol. The van der Waals surface area contributed by atoms with Gasteiger partial charge in [-0.2, -0.15) is 4.98 Å². The number of nitrogen functional groups attached to an aromatic ring is 1. The minimum Gasteiger partial charge on any atom is -0.465 e.